The molecule has 0 aliphatic carbocycles. The topological polar surface area (TPSA) is 53.2 Å². The van der Waals surface area contributed by atoms with Crippen molar-refractivity contribution in [2.45, 2.75) is 13.5 Å². The van der Waals surface area contributed by atoms with E-state index in [0.29, 0.717) is 18.0 Å². The molecule has 0 saturated carbocycles. The van der Waals surface area contributed by atoms with Gasteiger partial charge in [-0.1, -0.05) is 36.4 Å². The van der Waals surface area contributed by atoms with Gasteiger partial charge in [0.15, 0.2) is 0 Å². The molecule has 1 heterocycles. The predicted molar refractivity (Wildman–Crippen MR) is 93.1 cm³/mol. The molecular formula is C19H18N2O3. The molecule has 0 radical (unpaired) electrons. The SMILES string of the molecule is COc1ccc(C)cc1-n1ccn(Cc2ccccc2)c(=O)c1=O. The van der Waals surface area contributed by atoms with Gasteiger partial charge in [0.25, 0.3) is 0 Å². The van der Waals surface area contributed by atoms with E-state index in [4.69, 9.17) is 4.74 Å². The maximum Gasteiger partial charge on any atom is 0.321 e. The van der Waals surface area contributed by atoms with E-state index in [9.17, 15) is 9.59 Å². The lowest BCUT2D eigenvalue weighted by Gasteiger charge is -2.13. The summed E-state index contributed by atoms with van der Waals surface area (Å²) in [7, 11) is 1.54. The zero-order valence-electron chi connectivity index (χ0n) is 13.6. The van der Waals surface area contributed by atoms with Crippen molar-refractivity contribution in [3.8, 4) is 11.4 Å². The van der Waals surface area contributed by atoms with Crippen LogP contribution in [0.4, 0.5) is 0 Å². The van der Waals surface area contributed by atoms with Gasteiger partial charge < -0.3 is 9.30 Å². The molecular weight excluding hydrogens is 304 g/mol. The third kappa shape index (κ3) is 3.01. The van der Waals surface area contributed by atoms with Crippen molar-refractivity contribution in [3.63, 3.8) is 0 Å². The van der Waals surface area contributed by atoms with Crippen LogP contribution < -0.4 is 15.9 Å². The molecule has 0 spiro atoms. The molecule has 5 nitrogen and oxygen atoms in total. The highest BCUT2D eigenvalue weighted by molar-refractivity contribution is 5.48. The fraction of sp³-hybridized carbons (Fsp3) is 0.158. The van der Waals surface area contributed by atoms with E-state index in [1.165, 1.54) is 16.2 Å². The van der Waals surface area contributed by atoms with Crippen molar-refractivity contribution in [2.24, 2.45) is 0 Å². The van der Waals surface area contributed by atoms with Crippen LogP contribution in [-0.4, -0.2) is 16.2 Å². The maximum atomic E-state index is 12.5. The van der Waals surface area contributed by atoms with Crippen LogP contribution in [0.25, 0.3) is 5.69 Å². The Hall–Kier alpha value is -3.08. The Morgan fingerprint density at radius 1 is 0.958 bits per heavy atom. The molecule has 122 valence electrons. The lowest BCUT2D eigenvalue weighted by Crippen LogP contribution is -2.40. The lowest BCUT2D eigenvalue weighted by molar-refractivity contribution is 0.412. The van der Waals surface area contributed by atoms with Crippen LogP contribution in [0.3, 0.4) is 0 Å². The largest absolute Gasteiger partial charge is 0.495 e. The van der Waals surface area contributed by atoms with Crippen molar-refractivity contribution < 1.29 is 4.74 Å². The van der Waals surface area contributed by atoms with E-state index in [2.05, 4.69) is 0 Å². The van der Waals surface area contributed by atoms with Gasteiger partial charge in [0, 0.05) is 12.4 Å². The molecule has 0 aliphatic rings. The summed E-state index contributed by atoms with van der Waals surface area (Å²) in [6, 6.07) is 15.0. The first-order chi connectivity index (χ1) is 11.6. The molecule has 0 amide bonds. The van der Waals surface area contributed by atoms with Crippen molar-refractivity contribution in [3.05, 3.63) is 92.8 Å². The summed E-state index contributed by atoms with van der Waals surface area (Å²) in [4.78, 5) is 25.0. The Kier molecular flexibility index (Phi) is 4.33. The monoisotopic (exact) mass is 322 g/mol. The summed E-state index contributed by atoms with van der Waals surface area (Å²) in [5, 5.41) is 0. The highest BCUT2D eigenvalue weighted by Crippen LogP contribution is 2.22. The van der Waals surface area contributed by atoms with Crippen LogP contribution in [-0.2, 0) is 6.54 Å². The van der Waals surface area contributed by atoms with E-state index < -0.39 is 11.1 Å². The number of ether oxygens (including phenoxy) is 1. The van der Waals surface area contributed by atoms with Gasteiger partial charge in [-0.3, -0.25) is 14.2 Å². The predicted octanol–water partition coefficient (Wildman–Crippen LogP) is 2.36. The molecule has 0 N–H and O–H groups in total. The fourth-order valence-electron chi connectivity index (χ4n) is 2.59. The molecule has 3 rings (SSSR count). The van der Waals surface area contributed by atoms with E-state index in [1.807, 2.05) is 49.4 Å². The van der Waals surface area contributed by atoms with E-state index >= 15 is 0 Å². The summed E-state index contributed by atoms with van der Waals surface area (Å²) in [6.45, 7) is 2.28. The Morgan fingerprint density at radius 2 is 1.71 bits per heavy atom. The molecule has 0 bridgehead atoms. The average Bonchev–Trinajstić information content (AvgIpc) is 2.60. The number of methoxy groups -OCH3 is 1. The highest BCUT2D eigenvalue weighted by Gasteiger charge is 2.11. The van der Waals surface area contributed by atoms with Gasteiger partial charge in [0.05, 0.1) is 19.3 Å². The lowest BCUT2D eigenvalue weighted by atomic mass is 10.2. The van der Waals surface area contributed by atoms with Gasteiger partial charge in [-0.15, -0.1) is 0 Å². The number of aryl methyl sites for hydroxylation is 1. The Bertz CT molecular complexity index is 972. The third-order valence-electron chi connectivity index (χ3n) is 3.85. The van der Waals surface area contributed by atoms with Crippen LogP contribution in [0.15, 0.2) is 70.5 Å². The Morgan fingerprint density at radius 3 is 2.42 bits per heavy atom. The second kappa shape index (κ2) is 6.58. The zero-order chi connectivity index (χ0) is 17.1. The molecule has 0 fully saturated rings. The summed E-state index contributed by atoms with van der Waals surface area (Å²) < 4.78 is 8.05. The first-order valence-electron chi connectivity index (χ1n) is 7.61. The van der Waals surface area contributed by atoms with Crippen molar-refractivity contribution in [2.75, 3.05) is 7.11 Å². The van der Waals surface area contributed by atoms with Crippen molar-refractivity contribution in [1.82, 2.24) is 9.13 Å². The number of hydrogen-bond acceptors (Lipinski definition) is 3. The molecule has 0 aliphatic heterocycles. The Balaban J connectivity index is 2.07. The normalized spacial score (nSPS) is 10.6. The second-order valence-electron chi connectivity index (χ2n) is 5.57. The van der Waals surface area contributed by atoms with Gasteiger partial charge in [0.1, 0.15) is 5.75 Å². The minimum Gasteiger partial charge on any atom is -0.495 e. The fourth-order valence-corrected chi connectivity index (χ4v) is 2.59. The van der Waals surface area contributed by atoms with Crippen LogP contribution in [0.1, 0.15) is 11.1 Å². The molecule has 5 heteroatoms. The number of rotatable bonds is 4. The first kappa shape index (κ1) is 15.8. The van der Waals surface area contributed by atoms with Crippen molar-refractivity contribution in [1.29, 1.82) is 0 Å². The second-order valence-corrected chi connectivity index (χ2v) is 5.57. The molecule has 0 unspecified atom stereocenters. The number of nitrogens with zero attached hydrogens (tertiary/aromatic N) is 2. The average molecular weight is 322 g/mol. The number of aromatic nitrogens is 2. The summed E-state index contributed by atoms with van der Waals surface area (Å²) in [5.74, 6) is 0.544. The van der Waals surface area contributed by atoms with Crippen molar-refractivity contribution >= 4 is 0 Å². The van der Waals surface area contributed by atoms with Gasteiger partial charge in [-0.25, -0.2) is 0 Å². The van der Waals surface area contributed by atoms with Crippen LogP contribution >= 0.6 is 0 Å². The minimum absolute atomic E-state index is 0.362. The van der Waals surface area contributed by atoms with Gasteiger partial charge in [-0.2, -0.15) is 0 Å². The molecule has 0 atom stereocenters. The zero-order valence-corrected chi connectivity index (χ0v) is 13.6. The first-order valence-corrected chi connectivity index (χ1v) is 7.61. The van der Waals surface area contributed by atoms with Gasteiger partial charge in [-0.05, 0) is 30.2 Å². The Labute approximate surface area is 139 Å². The summed E-state index contributed by atoms with van der Waals surface area (Å²) >= 11 is 0. The van der Waals surface area contributed by atoms with Crippen LogP contribution in [0.2, 0.25) is 0 Å². The molecule has 0 saturated heterocycles. The van der Waals surface area contributed by atoms with Crippen LogP contribution in [0.5, 0.6) is 5.75 Å². The van der Waals surface area contributed by atoms with Gasteiger partial charge >= 0.3 is 11.1 Å². The molecule has 24 heavy (non-hydrogen) atoms. The maximum absolute atomic E-state index is 12.5. The smallest absolute Gasteiger partial charge is 0.321 e. The quantitative estimate of drug-likeness (QED) is 0.693. The van der Waals surface area contributed by atoms with Crippen LogP contribution in [0, 0.1) is 6.92 Å². The highest BCUT2D eigenvalue weighted by atomic mass is 16.5. The third-order valence-corrected chi connectivity index (χ3v) is 3.85. The summed E-state index contributed by atoms with van der Waals surface area (Å²) in [6.07, 6.45) is 3.22. The number of hydrogen-bond donors (Lipinski definition) is 0. The molecule has 2 aromatic carbocycles. The standard InChI is InChI=1S/C19H18N2O3/c1-14-8-9-17(24-2)16(12-14)21-11-10-20(18(22)19(21)23)13-15-6-4-3-5-7-15/h3-12H,13H2,1-2H3. The number of benzene rings is 2. The summed E-state index contributed by atoms with van der Waals surface area (Å²) in [5.41, 5.74) is 1.34. The van der Waals surface area contributed by atoms with E-state index in [1.54, 1.807) is 18.5 Å². The van der Waals surface area contributed by atoms with Gasteiger partial charge in [0.2, 0.25) is 0 Å². The molecule has 1 aromatic heterocycles. The minimum atomic E-state index is -0.600. The molecule has 3 aromatic rings. The van der Waals surface area contributed by atoms with E-state index in [-0.39, 0.29) is 0 Å². The van der Waals surface area contributed by atoms with E-state index in [0.717, 1.165) is 11.1 Å².